The van der Waals surface area contributed by atoms with Crippen molar-refractivity contribution in [2.75, 3.05) is 11.5 Å². The summed E-state index contributed by atoms with van der Waals surface area (Å²) in [5, 5.41) is 0. The topological polar surface area (TPSA) is 70.5 Å². The van der Waals surface area contributed by atoms with Gasteiger partial charge in [0.25, 0.3) is 0 Å². The molecule has 0 aliphatic rings. The number of nitrogens with two attached hydrogens (primary N) is 2. The highest BCUT2D eigenvalue weighted by molar-refractivity contribution is 5.79. The summed E-state index contributed by atoms with van der Waals surface area (Å²) in [6, 6.07) is 8.77. The molecule has 0 amide bonds. The Hall–Kier alpha value is -2.64. The Morgan fingerprint density at radius 2 is 1.27 bits per heavy atom. The van der Waals surface area contributed by atoms with Crippen LogP contribution in [0, 0.1) is 0 Å². The standard InChI is InChI=1S/C14H12F4N2O2/c15-13(16)21-11-9(7-1-3-8(19)4-2-7)5-6-10(20)12(11)22-14(17)18/h1-6,13-14H,19-20H2. The maximum Gasteiger partial charge on any atom is 0.387 e. The van der Waals surface area contributed by atoms with Gasteiger partial charge >= 0.3 is 13.2 Å². The van der Waals surface area contributed by atoms with Crippen molar-refractivity contribution in [3.63, 3.8) is 0 Å². The zero-order chi connectivity index (χ0) is 16.3. The highest BCUT2D eigenvalue weighted by atomic mass is 19.3. The van der Waals surface area contributed by atoms with E-state index >= 15 is 0 Å². The molecule has 0 spiro atoms. The third-order valence-electron chi connectivity index (χ3n) is 2.78. The first-order valence-electron chi connectivity index (χ1n) is 6.06. The number of hydrogen-bond acceptors (Lipinski definition) is 4. The molecule has 22 heavy (non-hydrogen) atoms. The van der Waals surface area contributed by atoms with Crippen molar-refractivity contribution in [1.82, 2.24) is 0 Å². The first kappa shape index (κ1) is 15.7. The SMILES string of the molecule is Nc1ccc(-c2ccc(N)c(OC(F)F)c2OC(F)F)cc1. The van der Waals surface area contributed by atoms with Crippen molar-refractivity contribution in [3.05, 3.63) is 36.4 Å². The van der Waals surface area contributed by atoms with E-state index in [0.717, 1.165) is 0 Å². The van der Waals surface area contributed by atoms with E-state index in [1.807, 2.05) is 0 Å². The largest absolute Gasteiger partial charge is 0.430 e. The lowest BCUT2D eigenvalue weighted by atomic mass is 10.0. The lowest BCUT2D eigenvalue weighted by Gasteiger charge is -2.17. The summed E-state index contributed by atoms with van der Waals surface area (Å²) in [6.45, 7) is -6.46. The van der Waals surface area contributed by atoms with Gasteiger partial charge in [0, 0.05) is 11.3 Å². The average Bonchev–Trinajstić information content (AvgIpc) is 2.43. The fourth-order valence-corrected chi connectivity index (χ4v) is 1.88. The molecule has 0 bridgehead atoms. The number of benzene rings is 2. The van der Waals surface area contributed by atoms with Gasteiger partial charge in [0.15, 0.2) is 11.5 Å². The predicted molar refractivity (Wildman–Crippen MR) is 74.0 cm³/mol. The van der Waals surface area contributed by atoms with E-state index in [1.54, 1.807) is 0 Å². The van der Waals surface area contributed by atoms with E-state index in [2.05, 4.69) is 9.47 Å². The van der Waals surface area contributed by atoms with Crippen LogP contribution in [0.4, 0.5) is 28.9 Å². The van der Waals surface area contributed by atoms with Gasteiger partial charge in [-0.05, 0) is 29.8 Å². The maximum atomic E-state index is 12.6. The molecule has 0 aromatic heterocycles. The summed E-state index contributed by atoms with van der Waals surface area (Å²) in [4.78, 5) is 0. The molecule has 0 aliphatic heterocycles. The molecule has 0 aliphatic carbocycles. The van der Waals surface area contributed by atoms with Gasteiger partial charge < -0.3 is 20.9 Å². The Morgan fingerprint density at radius 1 is 0.727 bits per heavy atom. The quantitative estimate of drug-likeness (QED) is 0.651. The van der Waals surface area contributed by atoms with Crippen molar-refractivity contribution in [2.24, 2.45) is 0 Å². The molecule has 2 aromatic carbocycles. The number of alkyl halides is 4. The minimum absolute atomic E-state index is 0.130. The van der Waals surface area contributed by atoms with Gasteiger partial charge in [0.1, 0.15) is 0 Å². The van der Waals surface area contributed by atoms with Crippen LogP contribution in [0.2, 0.25) is 0 Å². The van der Waals surface area contributed by atoms with E-state index in [1.165, 1.54) is 36.4 Å². The minimum Gasteiger partial charge on any atom is -0.430 e. The van der Waals surface area contributed by atoms with Crippen molar-refractivity contribution in [1.29, 1.82) is 0 Å². The van der Waals surface area contributed by atoms with Gasteiger partial charge in [0.05, 0.1) is 5.69 Å². The van der Waals surface area contributed by atoms with Crippen molar-refractivity contribution < 1.29 is 27.0 Å². The van der Waals surface area contributed by atoms with E-state index in [9.17, 15) is 17.6 Å². The van der Waals surface area contributed by atoms with Crippen LogP contribution in [-0.2, 0) is 0 Å². The molecule has 0 radical (unpaired) electrons. The monoisotopic (exact) mass is 316 g/mol. The summed E-state index contributed by atoms with van der Waals surface area (Å²) >= 11 is 0. The molecule has 0 saturated carbocycles. The Balaban J connectivity index is 2.59. The van der Waals surface area contributed by atoms with Gasteiger partial charge in [-0.2, -0.15) is 17.6 Å². The minimum atomic E-state index is -3.23. The van der Waals surface area contributed by atoms with Crippen LogP contribution < -0.4 is 20.9 Å². The summed E-state index contributed by atoms with van der Waals surface area (Å²) in [7, 11) is 0. The zero-order valence-electron chi connectivity index (χ0n) is 11.1. The van der Waals surface area contributed by atoms with Crippen LogP contribution in [-0.4, -0.2) is 13.2 Å². The second kappa shape index (κ2) is 6.42. The zero-order valence-corrected chi connectivity index (χ0v) is 11.1. The molecule has 2 rings (SSSR count). The van der Waals surface area contributed by atoms with E-state index in [0.29, 0.717) is 11.3 Å². The van der Waals surface area contributed by atoms with Crippen LogP contribution in [0.25, 0.3) is 11.1 Å². The molecular formula is C14H12F4N2O2. The summed E-state index contributed by atoms with van der Waals surface area (Å²) < 4.78 is 58.7. The van der Waals surface area contributed by atoms with Gasteiger partial charge in [-0.1, -0.05) is 12.1 Å². The number of halogens is 4. The van der Waals surface area contributed by atoms with E-state index in [-0.39, 0.29) is 11.3 Å². The fraction of sp³-hybridized carbons (Fsp3) is 0.143. The molecule has 0 heterocycles. The second-order valence-corrected chi connectivity index (χ2v) is 4.24. The molecular weight excluding hydrogens is 304 g/mol. The Labute approximate surface area is 123 Å². The number of hydrogen-bond donors (Lipinski definition) is 2. The third-order valence-corrected chi connectivity index (χ3v) is 2.78. The number of anilines is 2. The van der Waals surface area contributed by atoms with Crippen molar-refractivity contribution in [2.45, 2.75) is 13.2 Å². The predicted octanol–water partition coefficient (Wildman–Crippen LogP) is 3.72. The number of nitrogen functional groups attached to an aromatic ring is 2. The molecule has 8 heteroatoms. The molecule has 4 nitrogen and oxygen atoms in total. The summed E-state index contributed by atoms with van der Waals surface area (Å²) in [6.07, 6.45) is 0. The summed E-state index contributed by atoms with van der Waals surface area (Å²) in [5.41, 5.74) is 11.8. The maximum absolute atomic E-state index is 12.6. The summed E-state index contributed by atoms with van der Waals surface area (Å²) in [5.74, 6) is -1.19. The van der Waals surface area contributed by atoms with Crippen LogP contribution in [0.3, 0.4) is 0 Å². The van der Waals surface area contributed by atoms with Crippen LogP contribution >= 0.6 is 0 Å². The van der Waals surface area contributed by atoms with Gasteiger partial charge in [-0.15, -0.1) is 0 Å². The first-order valence-corrected chi connectivity index (χ1v) is 6.06. The number of ether oxygens (including phenoxy) is 2. The normalized spacial score (nSPS) is 11.0. The van der Waals surface area contributed by atoms with Gasteiger partial charge in [-0.3, -0.25) is 0 Å². The van der Waals surface area contributed by atoms with E-state index < -0.39 is 24.7 Å². The van der Waals surface area contributed by atoms with Gasteiger partial charge in [-0.25, -0.2) is 0 Å². The molecule has 4 N–H and O–H groups in total. The van der Waals surface area contributed by atoms with Crippen LogP contribution in [0.5, 0.6) is 11.5 Å². The van der Waals surface area contributed by atoms with E-state index in [4.69, 9.17) is 11.5 Å². The molecule has 0 saturated heterocycles. The Bertz CT molecular complexity index is 648. The van der Waals surface area contributed by atoms with Crippen LogP contribution in [0.15, 0.2) is 36.4 Å². The molecule has 0 fully saturated rings. The first-order chi connectivity index (χ1) is 10.4. The highest BCUT2D eigenvalue weighted by Gasteiger charge is 2.22. The van der Waals surface area contributed by atoms with Crippen molar-refractivity contribution in [3.8, 4) is 22.6 Å². The average molecular weight is 316 g/mol. The van der Waals surface area contributed by atoms with Crippen LogP contribution in [0.1, 0.15) is 0 Å². The Morgan fingerprint density at radius 3 is 1.82 bits per heavy atom. The lowest BCUT2D eigenvalue weighted by Crippen LogP contribution is -2.10. The smallest absolute Gasteiger partial charge is 0.387 e. The fourth-order valence-electron chi connectivity index (χ4n) is 1.88. The third kappa shape index (κ3) is 3.51. The molecule has 2 aromatic rings. The molecule has 118 valence electrons. The lowest BCUT2D eigenvalue weighted by molar-refractivity contribution is -0.0684. The second-order valence-electron chi connectivity index (χ2n) is 4.24. The molecule has 0 unspecified atom stereocenters. The van der Waals surface area contributed by atoms with Gasteiger partial charge in [0.2, 0.25) is 0 Å². The number of rotatable bonds is 5. The molecule has 0 atom stereocenters. The van der Waals surface area contributed by atoms with Crippen molar-refractivity contribution >= 4 is 11.4 Å². The Kier molecular flexibility index (Phi) is 4.59. The highest BCUT2D eigenvalue weighted by Crippen LogP contribution is 2.43.